The first kappa shape index (κ1) is 19.6. The SMILES string of the molecule is COc1cccc(-c2cc(S(=O)(=O)c3cccc(C#N)c3)nc3cc(F)ccc23)c1. The van der Waals surface area contributed by atoms with Gasteiger partial charge in [0.2, 0.25) is 9.84 Å². The number of halogens is 1. The first-order chi connectivity index (χ1) is 14.4. The van der Waals surface area contributed by atoms with Gasteiger partial charge in [0.15, 0.2) is 5.03 Å². The number of benzene rings is 3. The topological polar surface area (TPSA) is 80.0 Å². The third-order valence-electron chi connectivity index (χ3n) is 4.68. The van der Waals surface area contributed by atoms with Crippen molar-refractivity contribution < 1.29 is 17.5 Å². The second-order valence-corrected chi connectivity index (χ2v) is 8.44. The lowest BCUT2D eigenvalue weighted by Crippen LogP contribution is -2.06. The summed E-state index contributed by atoms with van der Waals surface area (Å²) in [5.41, 5.74) is 1.71. The van der Waals surface area contributed by atoms with Crippen molar-refractivity contribution in [2.45, 2.75) is 9.92 Å². The maximum atomic E-state index is 13.9. The van der Waals surface area contributed by atoms with Crippen molar-refractivity contribution >= 4 is 20.7 Å². The van der Waals surface area contributed by atoms with E-state index in [0.29, 0.717) is 22.3 Å². The zero-order valence-corrected chi connectivity index (χ0v) is 16.7. The molecule has 0 saturated heterocycles. The number of methoxy groups -OCH3 is 1. The van der Waals surface area contributed by atoms with E-state index in [9.17, 15) is 12.8 Å². The molecule has 0 aliphatic heterocycles. The van der Waals surface area contributed by atoms with Crippen LogP contribution < -0.4 is 4.74 Å². The van der Waals surface area contributed by atoms with E-state index in [-0.39, 0.29) is 21.0 Å². The van der Waals surface area contributed by atoms with Crippen LogP contribution in [0.4, 0.5) is 4.39 Å². The quantitative estimate of drug-likeness (QED) is 0.478. The van der Waals surface area contributed by atoms with Crippen molar-refractivity contribution in [3.63, 3.8) is 0 Å². The highest BCUT2D eigenvalue weighted by molar-refractivity contribution is 7.91. The highest BCUT2D eigenvalue weighted by atomic mass is 32.2. The number of aromatic nitrogens is 1. The summed E-state index contributed by atoms with van der Waals surface area (Å²) in [6.07, 6.45) is 0. The van der Waals surface area contributed by atoms with Crippen molar-refractivity contribution in [3.8, 4) is 22.9 Å². The number of pyridine rings is 1. The van der Waals surface area contributed by atoms with Crippen LogP contribution in [-0.4, -0.2) is 20.5 Å². The second kappa shape index (κ2) is 7.58. The molecular formula is C23H15FN2O3S. The Morgan fingerprint density at radius 1 is 1.00 bits per heavy atom. The van der Waals surface area contributed by atoms with Crippen LogP contribution in [0.3, 0.4) is 0 Å². The lowest BCUT2D eigenvalue weighted by molar-refractivity contribution is 0.415. The first-order valence-electron chi connectivity index (χ1n) is 8.92. The third kappa shape index (κ3) is 3.49. The third-order valence-corrected chi connectivity index (χ3v) is 6.31. The standard InChI is InChI=1S/C23H15FN2O3S/c1-29-18-6-3-5-16(11-18)21-13-23(26-22-12-17(24)8-9-20(21)22)30(27,28)19-7-2-4-15(10-19)14-25/h2-13H,1H3. The van der Waals surface area contributed by atoms with Gasteiger partial charge >= 0.3 is 0 Å². The molecule has 4 rings (SSSR count). The summed E-state index contributed by atoms with van der Waals surface area (Å²) in [6.45, 7) is 0. The fourth-order valence-electron chi connectivity index (χ4n) is 3.20. The fraction of sp³-hybridized carbons (Fsp3) is 0.0435. The molecule has 7 heteroatoms. The van der Waals surface area contributed by atoms with Crippen LogP contribution in [-0.2, 0) is 9.84 Å². The van der Waals surface area contributed by atoms with Gasteiger partial charge in [-0.05, 0) is 59.7 Å². The predicted molar refractivity (Wildman–Crippen MR) is 110 cm³/mol. The monoisotopic (exact) mass is 418 g/mol. The van der Waals surface area contributed by atoms with Crippen LogP contribution in [0, 0.1) is 17.1 Å². The number of nitrogens with zero attached hydrogens (tertiary/aromatic N) is 2. The Morgan fingerprint density at radius 2 is 1.80 bits per heavy atom. The highest BCUT2D eigenvalue weighted by Crippen LogP contribution is 2.33. The Bertz CT molecular complexity index is 1430. The zero-order chi connectivity index (χ0) is 21.3. The van der Waals surface area contributed by atoms with Crippen LogP contribution in [0.15, 0.2) is 82.7 Å². The van der Waals surface area contributed by atoms with Crippen LogP contribution in [0.1, 0.15) is 5.56 Å². The molecule has 1 heterocycles. The summed E-state index contributed by atoms with van der Waals surface area (Å²) >= 11 is 0. The molecule has 4 aromatic rings. The van der Waals surface area contributed by atoms with Crippen molar-refractivity contribution in [1.29, 1.82) is 5.26 Å². The van der Waals surface area contributed by atoms with Gasteiger partial charge in [0, 0.05) is 11.5 Å². The molecule has 0 spiro atoms. The molecule has 0 N–H and O–H groups in total. The highest BCUT2D eigenvalue weighted by Gasteiger charge is 2.22. The number of rotatable bonds is 4. The molecular weight excluding hydrogens is 403 g/mol. The smallest absolute Gasteiger partial charge is 0.223 e. The number of fused-ring (bicyclic) bond motifs is 1. The Kier molecular flexibility index (Phi) is 4.94. The lowest BCUT2D eigenvalue weighted by atomic mass is 10.0. The number of hydrogen-bond acceptors (Lipinski definition) is 5. The summed E-state index contributed by atoms with van der Waals surface area (Å²) in [7, 11) is -2.50. The van der Waals surface area contributed by atoms with Gasteiger partial charge in [0.05, 0.1) is 29.2 Å². The summed E-state index contributed by atoms with van der Waals surface area (Å²) in [5, 5.41) is 9.48. The molecule has 30 heavy (non-hydrogen) atoms. The van der Waals surface area contributed by atoms with Gasteiger partial charge in [-0.1, -0.05) is 18.2 Å². The minimum absolute atomic E-state index is 0.0543. The van der Waals surface area contributed by atoms with E-state index in [2.05, 4.69) is 4.98 Å². The zero-order valence-electron chi connectivity index (χ0n) is 15.8. The van der Waals surface area contributed by atoms with Gasteiger partial charge in [-0.3, -0.25) is 0 Å². The van der Waals surface area contributed by atoms with Gasteiger partial charge in [-0.25, -0.2) is 17.8 Å². The Labute approximate surface area is 172 Å². The molecule has 0 aliphatic rings. The number of ether oxygens (including phenoxy) is 1. The van der Waals surface area contributed by atoms with Crippen LogP contribution >= 0.6 is 0 Å². The van der Waals surface area contributed by atoms with E-state index in [0.717, 1.165) is 0 Å². The molecule has 3 aromatic carbocycles. The van der Waals surface area contributed by atoms with E-state index >= 15 is 0 Å². The predicted octanol–water partition coefficient (Wildman–Crippen LogP) is 4.75. The van der Waals surface area contributed by atoms with Crippen molar-refractivity contribution in [2.75, 3.05) is 7.11 Å². The summed E-state index contributed by atoms with van der Waals surface area (Å²) < 4.78 is 45.7. The molecule has 148 valence electrons. The van der Waals surface area contributed by atoms with Crippen molar-refractivity contribution in [1.82, 2.24) is 4.98 Å². The average molecular weight is 418 g/mol. The van der Waals surface area contributed by atoms with Gasteiger partial charge < -0.3 is 4.74 Å². The normalized spacial score (nSPS) is 11.2. The molecule has 0 bridgehead atoms. The average Bonchev–Trinajstić information content (AvgIpc) is 2.78. The molecule has 0 atom stereocenters. The molecule has 0 saturated carbocycles. The van der Waals surface area contributed by atoms with E-state index in [1.165, 1.54) is 49.6 Å². The minimum atomic E-state index is -4.04. The minimum Gasteiger partial charge on any atom is -0.497 e. The van der Waals surface area contributed by atoms with Gasteiger partial charge in [0.1, 0.15) is 11.6 Å². The maximum absolute atomic E-state index is 13.9. The summed E-state index contributed by atoms with van der Waals surface area (Å²) in [6, 6.07) is 20.3. The number of sulfone groups is 1. The van der Waals surface area contributed by atoms with Crippen LogP contribution in [0.5, 0.6) is 5.75 Å². The second-order valence-electron chi connectivity index (χ2n) is 6.54. The van der Waals surface area contributed by atoms with Crippen molar-refractivity contribution in [3.05, 3.63) is 84.2 Å². The van der Waals surface area contributed by atoms with E-state index in [4.69, 9.17) is 10.00 Å². The Morgan fingerprint density at radius 3 is 2.57 bits per heavy atom. The molecule has 0 unspecified atom stereocenters. The van der Waals surface area contributed by atoms with E-state index in [1.54, 1.807) is 24.3 Å². The molecule has 0 amide bonds. The Balaban J connectivity index is 2.00. The molecule has 0 fully saturated rings. The maximum Gasteiger partial charge on any atom is 0.223 e. The van der Waals surface area contributed by atoms with Gasteiger partial charge in [0.25, 0.3) is 0 Å². The lowest BCUT2D eigenvalue weighted by Gasteiger charge is -2.12. The molecule has 0 aliphatic carbocycles. The first-order valence-corrected chi connectivity index (χ1v) is 10.4. The van der Waals surface area contributed by atoms with Crippen LogP contribution in [0.2, 0.25) is 0 Å². The van der Waals surface area contributed by atoms with Crippen molar-refractivity contribution in [2.24, 2.45) is 0 Å². The number of hydrogen-bond donors (Lipinski definition) is 0. The van der Waals surface area contributed by atoms with Gasteiger partial charge in [-0.2, -0.15) is 5.26 Å². The summed E-state index contributed by atoms with van der Waals surface area (Å²) in [4.78, 5) is 4.17. The van der Waals surface area contributed by atoms with E-state index < -0.39 is 15.7 Å². The van der Waals surface area contributed by atoms with E-state index in [1.807, 2.05) is 12.1 Å². The number of nitriles is 1. The van der Waals surface area contributed by atoms with Gasteiger partial charge in [-0.15, -0.1) is 0 Å². The molecule has 1 aromatic heterocycles. The largest absolute Gasteiger partial charge is 0.497 e. The Hall–Kier alpha value is -3.76. The molecule has 5 nitrogen and oxygen atoms in total. The fourth-order valence-corrected chi connectivity index (χ4v) is 4.47. The summed E-state index contributed by atoms with van der Waals surface area (Å²) in [5.74, 6) is 0.0818. The molecule has 0 radical (unpaired) electrons. The van der Waals surface area contributed by atoms with Crippen LogP contribution in [0.25, 0.3) is 22.0 Å².